The summed E-state index contributed by atoms with van der Waals surface area (Å²) in [6.45, 7) is 6.02. The maximum absolute atomic E-state index is 12.5. The Balaban J connectivity index is 1.67. The van der Waals surface area contributed by atoms with Crippen LogP contribution in [0.2, 0.25) is 0 Å². The fourth-order valence-electron chi connectivity index (χ4n) is 2.59. The number of nitrogens with one attached hydrogen (secondary N) is 1. The molecule has 0 aliphatic carbocycles. The van der Waals surface area contributed by atoms with Crippen LogP contribution in [0.1, 0.15) is 41.5 Å². The second-order valence-corrected chi connectivity index (χ2v) is 7.47. The van der Waals surface area contributed by atoms with Crippen molar-refractivity contribution >= 4 is 27.5 Å². The number of anilines is 1. The number of ether oxygens (including phenoxy) is 1. The lowest BCUT2D eigenvalue weighted by molar-refractivity contribution is 0.102. The second kappa shape index (κ2) is 8.35. The van der Waals surface area contributed by atoms with Crippen LogP contribution in [0.3, 0.4) is 0 Å². The predicted octanol–water partition coefficient (Wildman–Crippen LogP) is 6.32. The molecule has 0 atom stereocenters. The van der Waals surface area contributed by atoms with E-state index >= 15 is 0 Å². The molecule has 4 nitrogen and oxygen atoms in total. The summed E-state index contributed by atoms with van der Waals surface area (Å²) in [4.78, 5) is 17.1. The Hall–Kier alpha value is -2.66. The summed E-state index contributed by atoms with van der Waals surface area (Å²) >= 11 is 3.40. The zero-order chi connectivity index (χ0) is 19.4. The second-order valence-electron chi connectivity index (χ2n) is 6.56. The first-order chi connectivity index (χ1) is 12.9. The van der Waals surface area contributed by atoms with E-state index in [0.717, 1.165) is 21.6 Å². The number of hydrogen-bond donors (Lipinski definition) is 1. The number of aryl methyl sites for hydroxylation is 1. The van der Waals surface area contributed by atoms with Gasteiger partial charge in [0.25, 0.3) is 5.91 Å². The van der Waals surface area contributed by atoms with Crippen molar-refractivity contribution in [2.75, 3.05) is 5.32 Å². The highest BCUT2D eigenvalue weighted by molar-refractivity contribution is 9.10. The number of aromatic nitrogens is 1. The largest absolute Gasteiger partial charge is 0.457 e. The zero-order valence-electron chi connectivity index (χ0n) is 15.5. The monoisotopic (exact) mass is 424 g/mol. The third-order valence-electron chi connectivity index (χ3n) is 4.11. The topological polar surface area (TPSA) is 51.2 Å². The Bertz CT molecular complexity index is 936. The molecule has 2 aromatic carbocycles. The summed E-state index contributed by atoms with van der Waals surface area (Å²) in [6, 6.07) is 18.6. The van der Waals surface area contributed by atoms with E-state index in [0.29, 0.717) is 22.9 Å². The molecule has 0 spiro atoms. The van der Waals surface area contributed by atoms with Crippen molar-refractivity contribution < 1.29 is 9.53 Å². The average Bonchev–Trinajstić information content (AvgIpc) is 2.65. The van der Waals surface area contributed by atoms with Gasteiger partial charge in [0.2, 0.25) is 0 Å². The molecule has 1 N–H and O–H groups in total. The lowest BCUT2D eigenvalue weighted by Gasteiger charge is -2.11. The molecule has 0 saturated heterocycles. The average molecular weight is 425 g/mol. The Kier molecular flexibility index (Phi) is 5.91. The van der Waals surface area contributed by atoms with Crippen molar-refractivity contribution in [3.05, 3.63) is 82.1 Å². The fourth-order valence-corrected chi connectivity index (χ4v) is 2.85. The number of carbonyl (C=O) groups is 1. The summed E-state index contributed by atoms with van der Waals surface area (Å²) < 4.78 is 6.79. The Labute approximate surface area is 167 Å². The minimum Gasteiger partial charge on any atom is -0.457 e. The molecule has 1 aromatic heterocycles. The highest BCUT2D eigenvalue weighted by atomic mass is 79.9. The Morgan fingerprint density at radius 1 is 0.963 bits per heavy atom. The van der Waals surface area contributed by atoms with Crippen LogP contribution in [0, 0.1) is 6.92 Å². The Morgan fingerprint density at radius 3 is 2.11 bits per heavy atom. The summed E-state index contributed by atoms with van der Waals surface area (Å²) in [5.41, 5.74) is 3.00. The van der Waals surface area contributed by atoms with Crippen molar-refractivity contribution in [2.24, 2.45) is 0 Å². The first-order valence-electron chi connectivity index (χ1n) is 8.75. The molecule has 3 aromatic rings. The number of hydrogen-bond acceptors (Lipinski definition) is 3. The van der Waals surface area contributed by atoms with Gasteiger partial charge in [-0.3, -0.25) is 9.78 Å². The number of pyridine rings is 1. The van der Waals surface area contributed by atoms with E-state index in [1.807, 2.05) is 67.6 Å². The molecule has 0 radical (unpaired) electrons. The minimum absolute atomic E-state index is 0.170. The molecule has 0 unspecified atom stereocenters. The summed E-state index contributed by atoms with van der Waals surface area (Å²) in [5, 5.41) is 2.91. The lowest BCUT2D eigenvalue weighted by Crippen LogP contribution is -2.14. The van der Waals surface area contributed by atoms with Crippen LogP contribution in [-0.2, 0) is 0 Å². The van der Waals surface area contributed by atoms with E-state index in [9.17, 15) is 4.79 Å². The van der Waals surface area contributed by atoms with Crippen molar-refractivity contribution in [2.45, 2.75) is 26.7 Å². The van der Waals surface area contributed by atoms with Crippen molar-refractivity contribution in [3.8, 4) is 11.5 Å². The summed E-state index contributed by atoms with van der Waals surface area (Å²) in [6.07, 6.45) is 0. The Morgan fingerprint density at radius 2 is 1.56 bits per heavy atom. The van der Waals surface area contributed by atoms with Gasteiger partial charge < -0.3 is 10.1 Å². The molecule has 1 amide bonds. The van der Waals surface area contributed by atoms with Crippen LogP contribution in [0.15, 0.2) is 65.1 Å². The van der Waals surface area contributed by atoms with Gasteiger partial charge in [-0.05, 0) is 73.5 Å². The predicted molar refractivity (Wildman–Crippen MR) is 112 cm³/mol. The maximum Gasteiger partial charge on any atom is 0.257 e. The van der Waals surface area contributed by atoms with Gasteiger partial charge in [0.15, 0.2) is 0 Å². The first kappa shape index (κ1) is 19.1. The molecule has 138 valence electrons. The van der Waals surface area contributed by atoms with Gasteiger partial charge in [-0.25, -0.2) is 0 Å². The molecule has 27 heavy (non-hydrogen) atoms. The lowest BCUT2D eigenvalue weighted by atomic mass is 10.1. The maximum atomic E-state index is 12.5. The van der Waals surface area contributed by atoms with E-state index < -0.39 is 0 Å². The SMILES string of the molecule is Cc1nc(C(C)C)ccc1C(=O)Nc1ccc(Oc2ccc(Br)cc2)cc1. The van der Waals surface area contributed by atoms with Crippen LogP contribution >= 0.6 is 15.9 Å². The van der Waals surface area contributed by atoms with Gasteiger partial charge in [0.05, 0.1) is 11.3 Å². The van der Waals surface area contributed by atoms with Crippen molar-refractivity contribution in [1.29, 1.82) is 0 Å². The molecule has 3 rings (SSSR count). The molecule has 0 bridgehead atoms. The van der Waals surface area contributed by atoms with Crippen LogP contribution in [0.4, 0.5) is 5.69 Å². The van der Waals surface area contributed by atoms with E-state index in [-0.39, 0.29) is 5.91 Å². The third kappa shape index (κ3) is 4.95. The third-order valence-corrected chi connectivity index (χ3v) is 4.63. The van der Waals surface area contributed by atoms with Gasteiger partial charge in [-0.1, -0.05) is 29.8 Å². The van der Waals surface area contributed by atoms with Gasteiger partial charge in [-0.15, -0.1) is 0 Å². The van der Waals surface area contributed by atoms with Gasteiger partial charge in [0, 0.05) is 15.9 Å². The van der Waals surface area contributed by atoms with E-state index in [1.165, 1.54) is 0 Å². The number of benzene rings is 2. The summed E-state index contributed by atoms with van der Waals surface area (Å²) in [7, 11) is 0. The zero-order valence-corrected chi connectivity index (χ0v) is 17.1. The molecule has 0 fully saturated rings. The highest BCUT2D eigenvalue weighted by Crippen LogP contribution is 2.25. The number of rotatable bonds is 5. The van der Waals surface area contributed by atoms with Gasteiger partial charge >= 0.3 is 0 Å². The highest BCUT2D eigenvalue weighted by Gasteiger charge is 2.12. The molecule has 0 saturated carbocycles. The molecule has 0 aliphatic rings. The summed E-state index contributed by atoms with van der Waals surface area (Å²) in [5.74, 6) is 1.62. The van der Waals surface area contributed by atoms with Crippen molar-refractivity contribution in [1.82, 2.24) is 4.98 Å². The van der Waals surface area contributed by atoms with Gasteiger partial charge in [-0.2, -0.15) is 0 Å². The number of nitrogens with zero attached hydrogens (tertiary/aromatic N) is 1. The normalized spacial score (nSPS) is 10.7. The molecule has 0 aliphatic heterocycles. The van der Waals surface area contributed by atoms with Gasteiger partial charge in [0.1, 0.15) is 11.5 Å². The van der Waals surface area contributed by atoms with Crippen LogP contribution in [0.5, 0.6) is 11.5 Å². The number of amides is 1. The van der Waals surface area contributed by atoms with E-state index in [2.05, 4.69) is 40.1 Å². The molecule has 5 heteroatoms. The number of carbonyl (C=O) groups excluding carboxylic acids is 1. The smallest absolute Gasteiger partial charge is 0.257 e. The van der Waals surface area contributed by atoms with Crippen molar-refractivity contribution in [3.63, 3.8) is 0 Å². The molecule has 1 heterocycles. The van der Waals surface area contributed by atoms with Crippen LogP contribution < -0.4 is 10.1 Å². The number of halogens is 1. The van der Waals surface area contributed by atoms with E-state index in [4.69, 9.17) is 4.74 Å². The molecular formula is C22H21BrN2O2. The van der Waals surface area contributed by atoms with Crippen LogP contribution in [0.25, 0.3) is 0 Å². The molecular weight excluding hydrogens is 404 g/mol. The van der Waals surface area contributed by atoms with Crippen LogP contribution in [-0.4, -0.2) is 10.9 Å². The quantitative estimate of drug-likeness (QED) is 0.521. The fraction of sp³-hybridized carbons (Fsp3) is 0.182. The standard InChI is InChI=1S/C22H21BrN2O2/c1-14(2)21-13-12-20(15(3)24-21)22(26)25-17-6-10-19(11-7-17)27-18-8-4-16(23)5-9-18/h4-14H,1-3H3,(H,25,26). The first-order valence-corrected chi connectivity index (χ1v) is 9.54. The minimum atomic E-state index is -0.170. The van der Waals surface area contributed by atoms with E-state index in [1.54, 1.807) is 0 Å².